The van der Waals surface area contributed by atoms with E-state index in [9.17, 15) is 4.79 Å². The van der Waals surface area contributed by atoms with Crippen LogP contribution in [-0.4, -0.2) is 34.3 Å². The van der Waals surface area contributed by atoms with Gasteiger partial charge >= 0.3 is 0 Å². The quantitative estimate of drug-likeness (QED) is 0.175. The lowest BCUT2D eigenvalue weighted by molar-refractivity contribution is -0.119. The van der Waals surface area contributed by atoms with Gasteiger partial charge in [-0.15, -0.1) is 0 Å². The molecule has 0 radical (unpaired) electrons. The van der Waals surface area contributed by atoms with Crippen LogP contribution in [0.5, 0.6) is 0 Å². The molecule has 6 aromatic rings. The van der Waals surface area contributed by atoms with Crippen molar-refractivity contribution in [1.82, 2.24) is 14.8 Å². The number of anilines is 1. The molecule has 0 saturated carbocycles. The summed E-state index contributed by atoms with van der Waals surface area (Å²) in [6, 6.07) is 43.0. The molecule has 6 heteroatoms. The van der Waals surface area contributed by atoms with Gasteiger partial charge in [-0.05, 0) is 28.3 Å². The molecule has 2 N–H and O–H groups in total. The Bertz CT molecular complexity index is 1710. The fourth-order valence-electron chi connectivity index (χ4n) is 6.08. The highest BCUT2D eigenvalue weighted by atomic mass is 16.5. The maximum absolute atomic E-state index is 13.4. The molecule has 0 saturated heterocycles. The van der Waals surface area contributed by atoms with E-state index in [0.29, 0.717) is 24.5 Å². The number of hydrogen-bond donors (Lipinski definition) is 1. The zero-order valence-corrected chi connectivity index (χ0v) is 24.1. The Morgan fingerprint density at radius 2 is 1.33 bits per heavy atom. The van der Waals surface area contributed by atoms with Gasteiger partial charge in [0.15, 0.2) is 5.82 Å². The average Bonchev–Trinajstić information content (AvgIpc) is 3.38. The first kappa shape index (κ1) is 28.1. The van der Waals surface area contributed by atoms with E-state index < -0.39 is 5.54 Å². The highest BCUT2D eigenvalue weighted by Gasteiger charge is 2.40. The zero-order valence-electron chi connectivity index (χ0n) is 24.1. The number of benzene rings is 4. The van der Waals surface area contributed by atoms with Crippen molar-refractivity contribution in [2.24, 2.45) is 0 Å². The summed E-state index contributed by atoms with van der Waals surface area (Å²) in [6.45, 7) is 0.471. The zero-order chi connectivity index (χ0) is 29.6. The third kappa shape index (κ3) is 5.45. The Morgan fingerprint density at radius 3 is 1.84 bits per heavy atom. The van der Waals surface area contributed by atoms with Crippen LogP contribution in [0.3, 0.4) is 0 Å². The molecule has 0 bridgehead atoms. The number of nitrogens with two attached hydrogens (primary N) is 1. The van der Waals surface area contributed by atoms with E-state index in [1.165, 1.54) is 0 Å². The number of aromatic nitrogens is 3. The van der Waals surface area contributed by atoms with Crippen LogP contribution >= 0.6 is 0 Å². The van der Waals surface area contributed by atoms with E-state index in [0.717, 1.165) is 33.2 Å². The van der Waals surface area contributed by atoms with Crippen LogP contribution in [0.1, 0.15) is 40.3 Å². The number of carbonyl (C=O) groups excluding carboxylic acids is 1. The minimum atomic E-state index is -0.834. The van der Waals surface area contributed by atoms with E-state index in [2.05, 4.69) is 41.4 Å². The molecule has 2 aromatic heterocycles. The molecule has 6 nitrogen and oxygen atoms in total. The molecule has 0 amide bonds. The summed E-state index contributed by atoms with van der Waals surface area (Å²) in [4.78, 5) is 18.1. The SMILES string of the molecule is COC[C@@H](CC(=O)Cc1cc2c(cn1)c(N)nn2C(c1ccccc1)(c1ccccc1)c1ccccc1)c1ccccc1. The fourth-order valence-corrected chi connectivity index (χ4v) is 6.08. The van der Waals surface area contributed by atoms with Crippen LogP contribution in [0, 0.1) is 0 Å². The van der Waals surface area contributed by atoms with Crippen molar-refractivity contribution in [3.05, 3.63) is 162 Å². The topological polar surface area (TPSA) is 83.0 Å². The Balaban J connectivity index is 1.48. The molecule has 0 spiro atoms. The smallest absolute Gasteiger partial charge is 0.155 e. The Labute approximate surface area is 251 Å². The van der Waals surface area contributed by atoms with Crippen molar-refractivity contribution < 1.29 is 9.53 Å². The predicted octanol–water partition coefficient (Wildman–Crippen LogP) is 6.79. The number of ketones is 1. The summed E-state index contributed by atoms with van der Waals surface area (Å²) in [6.07, 6.45) is 2.30. The van der Waals surface area contributed by atoms with Gasteiger partial charge in [0.1, 0.15) is 11.3 Å². The van der Waals surface area contributed by atoms with Crippen LogP contribution in [0.25, 0.3) is 10.9 Å². The van der Waals surface area contributed by atoms with Crippen molar-refractivity contribution in [3.8, 4) is 0 Å². The number of nitrogens with zero attached hydrogens (tertiary/aromatic N) is 3. The number of fused-ring (bicyclic) bond motifs is 1. The second-order valence-electron chi connectivity index (χ2n) is 10.8. The first-order chi connectivity index (χ1) is 21.1. The van der Waals surface area contributed by atoms with Crippen LogP contribution in [-0.2, 0) is 21.5 Å². The summed E-state index contributed by atoms with van der Waals surface area (Å²) >= 11 is 0. The highest BCUT2D eigenvalue weighted by molar-refractivity contribution is 5.90. The number of methoxy groups -OCH3 is 1. The number of ether oxygens (including phenoxy) is 1. The van der Waals surface area contributed by atoms with Gasteiger partial charge in [-0.1, -0.05) is 121 Å². The van der Waals surface area contributed by atoms with Gasteiger partial charge in [-0.25, -0.2) is 4.68 Å². The fraction of sp³-hybridized carbons (Fsp3) is 0.162. The normalized spacial score (nSPS) is 12.3. The molecule has 2 heterocycles. The van der Waals surface area contributed by atoms with Gasteiger partial charge in [0.25, 0.3) is 0 Å². The molecular weight excluding hydrogens is 532 g/mol. The van der Waals surface area contributed by atoms with Crippen LogP contribution in [0.2, 0.25) is 0 Å². The lowest BCUT2D eigenvalue weighted by atomic mass is 9.77. The summed E-state index contributed by atoms with van der Waals surface area (Å²) in [5, 5.41) is 5.72. The molecule has 0 unspecified atom stereocenters. The largest absolute Gasteiger partial charge is 0.384 e. The molecule has 0 aliphatic heterocycles. The lowest BCUT2D eigenvalue weighted by Gasteiger charge is -2.37. The molecule has 1 atom stereocenters. The minimum absolute atomic E-state index is 0.0227. The molecule has 214 valence electrons. The van der Waals surface area contributed by atoms with E-state index in [1.807, 2.05) is 95.7 Å². The monoisotopic (exact) mass is 566 g/mol. The Hall–Kier alpha value is -5.07. The molecule has 0 aliphatic rings. The first-order valence-corrected chi connectivity index (χ1v) is 14.5. The molecule has 43 heavy (non-hydrogen) atoms. The van der Waals surface area contributed by atoms with Crippen molar-refractivity contribution in [2.75, 3.05) is 19.5 Å². The van der Waals surface area contributed by atoms with E-state index in [4.69, 9.17) is 15.6 Å². The first-order valence-electron chi connectivity index (χ1n) is 14.5. The molecule has 6 rings (SSSR count). The molecular formula is C37H34N4O2. The van der Waals surface area contributed by atoms with Gasteiger partial charge in [-0.2, -0.15) is 5.10 Å². The summed E-state index contributed by atoms with van der Waals surface area (Å²) in [5.41, 5.74) is 11.4. The minimum Gasteiger partial charge on any atom is -0.384 e. The van der Waals surface area contributed by atoms with E-state index in [1.54, 1.807) is 13.3 Å². The second kappa shape index (κ2) is 12.4. The third-order valence-corrected chi connectivity index (χ3v) is 8.03. The number of nitrogen functional groups attached to an aromatic ring is 1. The number of pyridine rings is 1. The van der Waals surface area contributed by atoms with Crippen molar-refractivity contribution >= 4 is 22.5 Å². The molecule has 0 fully saturated rings. The summed E-state index contributed by atoms with van der Waals surface area (Å²) < 4.78 is 7.46. The molecule has 4 aromatic carbocycles. The number of carbonyl (C=O) groups is 1. The lowest BCUT2D eigenvalue weighted by Crippen LogP contribution is -2.38. The van der Waals surface area contributed by atoms with Gasteiger partial charge in [0, 0.05) is 37.8 Å². The van der Waals surface area contributed by atoms with Crippen molar-refractivity contribution in [1.29, 1.82) is 0 Å². The Kier molecular flexibility index (Phi) is 8.11. The maximum atomic E-state index is 13.4. The second-order valence-corrected chi connectivity index (χ2v) is 10.8. The molecule has 0 aliphatic carbocycles. The summed E-state index contributed by atoms with van der Waals surface area (Å²) in [5.74, 6) is 0.458. The van der Waals surface area contributed by atoms with E-state index in [-0.39, 0.29) is 18.1 Å². The van der Waals surface area contributed by atoms with Gasteiger partial charge in [-0.3, -0.25) is 9.78 Å². The van der Waals surface area contributed by atoms with Gasteiger partial charge in [0.05, 0.1) is 17.5 Å². The predicted molar refractivity (Wildman–Crippen MR) is 171 cm³/mol. The average molecular weight is 567 g/mol. The van der Waals surface area contributed by atoms with Crippen molar-refractivity contribution in [2.45, 2.75) is 24.3 Å². The number of rotatable bonds is 11. The van der Waals surface area contributed by atoms with Gasteiger partial charge < -0.3 is 10.5 Å². The maximum Gasteiger partial charge on any atom is 0.155 e. The third-order valence-electron chi connectivity index (χ3n) is 8.03. The number of hydrogen-bond acceptors (Lipinski definition) is 5. The number of Topliss-reactive ketones (excluding diaryl/α,β-unsaturated/α-hetero) is 1. The van der Waals surface area contributed by atoms with Gasteiger partial charge in [0.2, 0.25) is 0 Å². The standard InChI is InChI=1S/C37H34N4O2/c1-43-26-28(27-14-6-2-7-15-27)22-33(42)23-32-24-35-34(25-39-32)36(38)40-41(35)37(29-16-8-3-9-17-29,30-18-10-4-11-19-30)31-20-12-5-13-21-31/h2-21,24-25,28H,22-23,26H2,1H3,(H2,38,40)/t28-/m1/s1. The van der Waals surface area contributed by atoms with E-state index >= 15 is 0 Å². The van der Waals surface area contributed by atoms with Crippen molar-refractivity contribution in [3.63, 3.8) is 0 Å². The Morgan fingerprint density at radius 1 is 0.814 bits per heavy atom. The van der Waals surface area contributed by atoms with Crippen LogP contribution in [0.4, 0.5) is 5.82 Å². The van der Waals surface area contributed by atoms with Crippen LogP contribution < -0.4 is 5.73 Å². The highest BCUT2D eigenvalue weighted by Crippen LogP contribution is 2.43. The van der Waals surface area contributed by atoms with Crippen LogP contribution in [0.15, 0.2) is 134 Å². The summed E-state index contributed by atoms with van der Waals surface area (Å²) in [7, 11) is 1.67.